The fourth-order valence-electron chi connectivity index (χ4n) is 5.93. The Morgan fingerprint density at radius 2 is 1.80 bits per heavy atom. The predicted molar refractivity (Wildman–Crippen MR) is 148 cm³/mol. The van der Waals surface area contributed by atoms with Crippen LogP contribution in [0.1, 0.15) is 60.3 Å². The summed E-state index contributed by atoms with van der Waals surface area (Å²) in [5.74, 6) is -2.37. The van der Waals surface area contributed by atoms with E-state index >= 15 is 0 Å². The van der Waals surface area contributed by atoms with Crippen molar-refractivity contribution in [1.82, 2.24) is 25.6 Å². The Labute approximate surface area is 236 Å². The van der Waals surface area contributed by atoms with Gasteiger partial charge < -0.3 is 26.4 Å². The van der Waals surface area contributed by atoms with Crippen molar-refractivity contribution in [2.45, 2.75) is 90.2 Å². The first-order chi connectivity index (χ1) is 18.4. The number of aliphatic hydroxyl groups excluding tert-OH is 1. The van der Waals surface area contributed by atoms with E-state index in [9.17, 15) is 32.7 Å². The first-order valence-corrected chi connectivity index (χ1v) is 15.2. The van der Waals surface area contributed by atoms with Crippen LogP contribution in [0.4, 0.5) is 4.79 Å². The number of nitrogens with zero attached hydrogens (tertiary/aromatic N) is 1. The molecule has 13 nitrogen and oxygen atoms in total. The second-order valence-corrected chi connectivity index (χ2v) is 14.5. The fourth-order valence-corrected chi connectivity index (χ4v) is 6.44. The van der Waals surface area contributed by atoms with Gasteiger partial charge in [-0.2, -0.15) is 0 Å². The molecule has 226 valence electrons. The van der Waals surface area contributed by atoms with Gasteiger partial charge in [0.1, 0.15) is 12.3 Å². The third kappa shape index (κ3) is 7.39. The monoisotopic (exact) mass is 584 g/mol. The SMILES string of the molecule is C=CS(=O)(=O)NC[C@H](NC(=O)NC(C)(C)C)C(=O)N1CC2C([C@H]1C(O)NC(CC1CCC1)C(=O)C(N)=O)C2(C)C. The van der Waals surface area contributed by atoms with Crippen molar-refractivity contribution < 1.29 is 32.7 Å². The van der Waals surface area contributed by atoms with Crippen molar-refractivity contribution in [3.8, 4) is 0 Å². The topological polar surface area (TPSA) is 200 Å². The van der Waals surface area contributed by atoms with Crippen molar-refractivity contribution in [1.29, 1.82) is 0 Å². The summed E-state index contributed by atoms with van der Waals surface area (Å²) in [6.45, 7) is 12.4. The summed E-state index contributed by atoms with van der Waals surface area (Å²) < 4.78 is 26.3. The molecule has 40 heavy (non-hydrogen) atoms. The van der Waals surface area contributed by atoms with Crippen LogP contribution in [0.3, 0.4) is 0 Å². The third-order valence-electron chi connectivity index (χ3n) is 8.39. The van der Waals surface area contributed by atoms with Crippen LogP contribution in [0.25, 0.3) is 0 Å². The van der Waals surface area contributed by atoms with Crippen molar-refractivity contribution >= 4 is 33.7 Å². The number of nitrogens with one attached hydrogen (secondary N) is 4. The van der Waals surface area contributed by atoms with Crippen molar-refractivity contribution in [2.24, 2.45) is 28.9 Å². The molecule has 3 rings (SSSR count). The molecule has 1 aliphatic heterocycles. The molecule has 0 aromatic heterocycles. The lowest BCUT2D eigenvalue weighted by molar-refractivity contribution is -0.141. The Kier molecular flexibility index (Phi) is 9.39. The molecular formula is C26H44N6O7S. The minimum atomic E-state index is -3.91. The molecule has 3 aliphatic rings. The highest BCUT2D eigenvalue weighted by Gasteiger charge is 2.69. The first kappa shape index (κ1) is 32.0. The first-order valence-electron chi connectivity index (χ1n) is 13.7. The highest BCUT2D eigenvalue weighted by Crippen LogP contribution is 2.65. The Morgan fingerprint density at radius 1 is 1.18 bits per heavy atom. The largest absolute Gasteiger partial charge is 0.376 e. The number of sulfonamides is 1. The average Bonchev–Trinajstić information content (AvgIpc) is 3.14. The highest BCUT2D eigenvalue weighted by molar-refractivity contribution is 7.92. The van der Waals surface area contributed by atoms with Crippen LogP contribution < -0.4 is 26.4 Å². The van der Waals surface area contributed by atoms with E-state index < -0.39 is 70.1 Å². The zero-order valence-electron chi connectivity index (χ0n) is 23.9. The zero-order chi connectivity index (χ0) is 30.2. The molecule has 4 unspecified atom stereocenters. The van der Waals surface area contributed by atoms with Gasteiger partial charge in [-0.1, -0.05) is 39.7 Å². The van der Waals surface area contributed by atoms with E-state index in [1.807, 2.05) is 13.8 Å². The Morgan fingerprint density at radius 3 is 2.30 bits per heavy atom. The Balaban J connectivity index is 1.84. The summed E-state index contributed by atoms with van der Waals surface area (Å²) in [6.07, 6.45) is 1.83. The van der Waals surface area contributed by atoms with Gasteiger partial charge >= 0.3 is 6.03 Å². The number of hydrogen-bond donors (Lipinski definition) is 6. The van der Waals surface area contributed by atoms with E-state index in [1.54, 1.807) is 20.8 Å². The van der Waals surface area contributed by atoms with Crippen LogP contribution in [0.2, 0.25) is 0 Å². The van der Waals surface area contributed by atoms with Crippen LogP contribution in [0.5, 0.6) is 0 Å². The summed E-state index contributed by atoms with van der Waals surface area (Å²) in [6, 6.07) is -3.76. The number of likely N-dealkylation sites (tertiary alicyclic amines) is 1. The number of nitrogens with two attached hydrogens (primary N) is 1. The zero-order valence-corrected chi connectivity index (χ0v) is 24.7. The average molecular weight is 585 g/mol. The van der Waals surface area contributed by atoms with Crippen LogP contribution in [0, 0.1) is 23.2 Å². The van der Waals surface area contributed by atoms with Crippen molar-refractivity contribution in [2.75, 3.05) is 13.1 Å². The van der Waals surface area contributed by atoms with Gasteiger partial charge in [0, 0.05) is 24.0 Å². The smallest absolute Gasteiger partial charge is 0.315 e. The molecule has 1 heterocycles. The maximum absolute atomic E-state index is 13.8. The highest BCUT2D eigenvalue weighted by atomic mass is 32.2. The van der Waals surface area contributed by atoms with Gasteiger partial charge in [-0.3, -0.25) is 19.7 Å². The number of hydrogen-bond acceptors (Lipinski definition) is 8. The Bertz CT molecular complexity index is 1130. The molecule has 0 aromatic carbocycles. The summed E-state index contributed by atoms with van der Waals surface area (Å²) in [5, 5.41) is 20.2. The van der Waals surface area contributed by atoms with E-state index in [0.717, 1.165) is 19.3 Å². The van der Waals surface area contributed by atoms with Gasteiger partial charge in [-0.25, -0.2) is 17.9 Å². The van der Waals surface area contributed by atoms with Crippen LogP contribution >= 0.6 is 0 Å². The molecular weight excluding hydrogens is 540 g/mol. The summed E-state index contributed by atoms with van der Waals surface area (Å²) in [5.41, 5.74) is 4.46. The van der Waals surface area contributed by atoms with Gasteiger partial charge in [0.25, 0.3) is 5.91 Å². The van der Waals surface area contributed by atoms with E-state index in [-0.39, 0.29) is 29.7 Å². The molecule has 14 heteroatoms. The summed E-state index contributed by atoms with van der Waals surface area (Å²) >= 11 is 0. The molecule has 4 amide bonds. The number of rotatable bonds is 13. The van der Waals surface area contributed by atoms with Crippen LogP contribution in [-0.2, 0) is 24.4 Å². The molecule has 6 atom stereocenters. The molecule has 1 saturated heterocycles. The number of fused-ring (bicyclic) bond motifs is 1. The summed E-state index contributed by atoms with van der Waals surface area (Å²) in [7, 11) is -3.91. The number of amides is 4. The van der Waals surface area contributed by atoms with Crippen molar-refractivity contribution in [3.63, 3.8) is 0 Å². The quantitative estimate of drug-likeness (QED) is 0.123. The number of primary amides is 1. The number of piperidine rings is 1. The number of carbonyl (C=O) groups excluding carboxylic acids is 4. The maximum Gasteiger partial charge on any atom is 0.315 e. The second kappa shape index (κ2) is 11.7. The van der Waals surface area contributed by atoms with Gasteiger partial charge in [0.05, 0.1) is 12.1 Å². The minimum Gasteiger partial charge on any atom is -0.376 e. The molecule has 0 aromatic rings. The number of urea groups is 1. The van der Waals surface area contributed by atoms with Gasteiger partial charge in [0.15, 0.2) is 0 Å². The predicted octanol–water partition coefficient (Wildman–Crippen LogP) is -0.480. The summed E-state index contributed by atoms with van der Waals surface area (Å²) in [4.78, 5) is 52.3. The lowest BCUT2D eigenvalue weighted by atomic mass is 9.80. The van der Waals surface area contributed by atoms with Crippen molar-refractivity contribution in [3.05, 3.63) is 12.0 Å². The van der Waals surface area contributed by atoms with E-state index in [0.29, 0.717) is 11.8 Å². The third-order valence-corrected chi connectivity index (χ3v) is 9.40. The second-order valence-electron chi connectivity index (χ2n) is 12.8. The van der Waals surface area contributed by atoms with E-state index in [4.69, 9.17) is 5.73 Å². The Hall–Kier alpha value is -2.55. The van der Waals surface area contributed by atoms with Gasteiger partial charge in [0.2, 0.25) is 21.7 Å². The molecule has 7 N–H and O–H groups in total. The normalized spacial score (nSPS) is 26.1. The maximum atomic E-state index is 13.8. The van der Waals surface area contributed by atoms with E-state index in [2.05, 4.69) is 27.3 Å². The van der Waals surface area contributed by atoms with Gasteiger partial charge in [-0.05, 0) is 50.4 Å². The molecule has 2 aliphatic carbocycles. The van der Waals surface area contributed by atoms with Crippen LogP contribution in [-0.4, -0.2) is 85.0 Å². The fraction of sp³-hybridized carbons (Fsp3) is 0.769. The molecule has 0 spiro atoms. The number of Topliss-reactive ketones (excluding diaryl/α,β-unsaturated/α-hetero) is 1. The minimum absolute atomic E-state index is 0.0451. The molecule has 3 fully saturated rings. The standard InChI is InChI=1S/C26H44N6O7S/c1-7-40(38,39)28-12-17(30-24(37)31-25(2,3)4)23(36)32-13-15-18(26(15,5)6)19(32)22(35)29-16(20(33)21(27)34)11-14-9-8-10-14/h7,14-19,22,28-29,35H,1,8-13H2,2-6H3,(H2,27,34)(H2,30,31,37)/t15?,16?,17-,18?,19-,22?/m0/s1. The lowest BCUT2D eigenvalue weighted by Crippen LogP contribution is -2.62. The number of carbonyl (C=O) groups is 4. The number of aliphatic hydroxyl groups is 1. The molecule has 2 saturated carbocycles. The molecule has 0 radical (unpaired) electrons. The van der Waals surface area contributed by atoms with E-state index in [1.165, 1.54) is 4.90 Å². The number of ketones is 1. The molecule has 0 bridgehead atoms. The lowest BCUT2D eigenvalue weighted by Gasteiger charge is -2.38. The van der Waals surface area contributed by atoms with Gasteiger partial charge in [-0.15, -0.1) is 0 Å². The van der Waals surface area contributed by atoms with Crippen LogP contribution in [0.15, 0.2) is 12.0 Å².